The van der Waals surface area contributed by atoms with E-state index in [1.165, 1.54) is 47.3 Å². The van der Waals surface area contributed by atoms with E-state index in [0.29, 0.717) is 116 Å². The standard InChI is InChI=1S/C52H59Cl4F6N13O4S/c1-29(37-9-7-35(53)18-39(37)55)74-48-44(46(68-74)51(57,58)59)64-20-42(66-48)73-27-34(28-73)32-16-30(22-71(24-32)13-5-15-80(3,77)78)17-41(38-10-8-36(54)19-40(38)56)75-49-45(47(69-75)52(60,61)62)65-21-43(67-49)72-25-33(26-72)31-6-4-12-70(23-31)14-11-63-50(76)79-2/h7-10,18-21,29-34,41H,4-6,11-17,22-28H2,1-3H3,(H,63,76). The summed E-state index contributed by atoms with van der Waals surface area (Å²) in [6, 6.07) is 7.87. The first-order chi connectivity index (χ1) is 37.9. The number of carbonyl (C=O) groups is 1. The normalized spacial score (nSPS) is 21.0. The van der Waals surface area contributed by atoms with Gasteiger partial charge in [-0.2, -0.15) is 36.5 Å². The van der Waals surface area contributed by atoms with Crippen molar-refractivity contribution in [2.24, 2.45) is 29.6 Å². The van der Waals surface area contributed by atoms with E-state index in [9.17, 15) is 26.4 Å². The van der Waals surface area contributed by atoms with Gasteiger partial charge < -0.3 is 29.7 Å². The van der Waals surface area contributed by atoms with Crippen molar-refractivity contribution < 1.29 is 44.3 Å². The lowest BCUT2D eigenvalue weighted by Gasteiger charge is -2.49. The van der Waals surface area contributed by atoms with Crippen LogP contribution in [-0.4, -0.2) is 155 Å². The molecule has 4 aliphatic heterocycles. The van der Waals surface area contributed by atoms with Crippen molar-refractivity contribution in [2.45, 2.75) is 63.5 Å². The summed E-state index contributed by atoms with van der Waals surface area (Å²) in [6.45, 7) is 8.26. The smallest absolute Gasteiger partial charge is 0.437 e. The van der Waals surface area contributed by atoms with Crippen molar-refractivity contribution in [1.29, 1.82) is 0 Å². The third-order valence-electron chi connectivity index (χ3n) is 16.1. The summed E-state index contributed by atoms with van der Waals surface area (Å²) >= 11 is 26.0. The number of piperidine rings is 2. The maximum absolute atomic E-state index is 15.1. The number of nitrogens with one attached hydrogen (secondary N) is 1. The molecular formula is C52H59Cl4F6N13O4S. The van der Waals surface area contributed by atoms with E-state index in [4.69, 9.17) is 61.1 Å². The summed E-state index contributed by atoms with van der Waals surface area (Å²) < 4.78 is 120. The molecule has 28 heteroatoms. The van der Waals surface area contributed by atoms with Crippen LogP contribution in [0.3, 0.4) is 0 Å². The molecule has 80 heavy (non-hydrogen) atoms. The molecule has 4 fully saturated rings. The summed E-state index contributed by atoms with van der Waals surface area (Å²) in [4.78, 5) is 38.4. The monoisotopic (exact) mass is 1220 g/mol. The summed E-state index contributed by atoms with van der Waals surface area (Å²) in [5.74, 6) is 1.24. The van der Waals surface area contributed by atoms with Gasteiger partial charge in [-0.15, -0.1) is 0 Å². The number of amides is 1. The predicted molar refractivity (Wildman–Crippen MR) is 293 cm³/mol. The Hall–Kier alpha value is -4.98. The van der Waals surface area contributed by atoms with Crippen molar-refractivity contribution in [2.75, 3.05) is 101 Å². The zero-order valence-electron chi connectivity index (χ0n) is 43.9. The fourth-order valence-electron chi connectivity index (χ4n) is 12.0. The molecule has 5 atom stereocenters. The third-order valence-corrected chi connectivity index (χ3v) is 18.3. The number of carbonyl (C=O) groups excluding carboxylic acids is 1. The number of aromatic nitrogens is 8. The molecule has 4 aromatic heterocycles. The molecule has 10 rings (SSSR count). The van der Waals surface area contributed by atoms with Crippen molar-refractivity contribution in [3.8, 4) is 0 Å². The Morgan fingerprint density at radius 1 is 0.738 bits per heavy atom. The van der Waals surface area contributed by atoms with Crippen LogP contribution in [0.15, 0.2) is 48.8 Å². The second kappa shape index (κ2) is 23.3. The molecule has 8 heterocycles. The van der Waals surface area contributed by atoms with Crippen LogP contribution in [0.2, 0.25) is 20.1 Å². The Kier molecular flexibility index (Phi) is 17.0. The average molecular weight is 1220 g/mol. The molecule has 0 bridgehead atoms. The molecule has 4 saturated heterocycles. The quantitative estimate of drug-likeness (QED) is 0.0855. The highest BCUT2D eigenvalue weighted by Crippen LogP contribution is 2.44. The highest BCUT2D eigenvalue weighted by Gasteiger charge is 2.45. The van der Waals surface area contributed by atoms with Gasteiger partial charge in [0.1, 0.15) is 32.5 Å². The molecule has 5 unspecified atom stereocenters. The van der Waals surface area contributed by atoms with Crippen LogP contribution in [0.4, 0.5) is 42.8 Å². The number of likely N-dealkylation sites (tertiary alicyclic amines) is 2. The molecular weight excluding hydrogens is 1160 g/mol. The SMILES string of the molecule is COC(=O)NCCN1CCCC(C2CN(c3cnc4c(C(F)(F)F)nn(C(CC5CC(C6CN(c7cnc8c(C(F)(F)F)nn(C(C)c9ccc(Cl)cc9Cl)c8n7)C6)CN(CCCS(C)(=O)=O)C5)c5ccc(Cl)cc5Cl)c4n3)C2)C1. The average Bonchev–Trinajstić information content (AvgIpc) is 3.94. The number of sulfone groups is 1. The number of hydrogen-bond acceptors (Lipinski definition) is 14. The van der Waals surface area contributed by atoms with Gasteiger partial charge in [-0.05, 0) is 117 Å². The summed E-state index contributed by atoms with van der Waals surface area (Å²) in [6.07, 6.45) is -3.10. The molecule has 0 radical (unpaired) electrons. The first-order valence-electron chi connectivity index (χ1n) is 26.4. The number of fused-ring (bicyclic) bond motifs is 2. The largest absolute Gasteiger partial charge is 0.453 e. The first kappa shape index (κ1) is 58.2. The summed E-state index contributed by atoms with van der Waals surface area (Å²) in [7, 11) is -1.97. The molecule has 0 aliphatic carbocycles. The van der Waals surface area contributed by atoms with Gasteiger partial charge in [-0.3, -0.25) is 0 Å². The number of ether oxygens (including phenoxy) is 1. The lowest BCUT2D eigenvalue weighted by Crippen LogP contribution is -2.55. The van der Waals surface area contributed by atoms with E-state index >= 15 is 13.2 Å². The zero-order chi connectivity index (χ0) is 57.0. The van der Waals surface area contributed by atoms with Crippen LogP contribution in [0.1, 0.15) is 73.6 Å². The Morgan fingerprint density at radius 3 is 1.85 bits per heavy atom. The van der Waals surface area contributed by atoms with Gasteiger partial charge in [0.15, 0.2) is 22.7 Å². The van der Waals surface area contributed by atoms with Crippen LogP contribution in [0, 0.1) is 29.6 Å². The zero-order valence-corrected chi connectivity index (χ0v) is 47.7. The second-order valence-electron chi connectivity index (χ2n) is 21.7. The molecule has 17 nitrogen and oxygen atoms in total. The van der Waals surface area contributed by atoms with Crippen LogP contribution < -0.4 is 15.1 Å². The van der Waals surface area contributed by atoms with E-state index in [1.807, 2.05) is 9.80 Å². The van der Waals surface area contributed by atoms with Gasteiger partial charge in [-0.25, -0.2) is 42.5 Å². The summed E-state index contributed by atoms with van der Waals surface area (Å²) in [5.41, 5.74) is -2.38. The van der Waals surface area contributed by atoms with E-state index in [0.717, 1.165) is 25.9 Å². The predicted octanol–water partition coefficient (Wildman–Crippen LogP) is 10.2. The van der Waals surface area contributed by atoms with E-state index < -0.39 is 62.8 Å². The van der Waals surface area contributed by atoms with Crippen LogP contribution in [0.25, 0.3) is 22.3 Å². The Morgan fingerprint density at radius 2 is 1.29 bits per heavy atom. The van der Waals surface area contributed by atoms with Crippen LogP contribution in [0.5, 0.6) is 0 Å². The second-order valence-corrected chi connectivity index (χ2v) is 25.6. The number of methoxy groups -OCH3 is 1. The number of anilines is 2. The number of benzene rings is 2. The number of rotatable bonds is 17. The molecule has 6 aromatic rings. The van der Waals surface area contributed by atoms with Gasteiger partial charge in [0, 0.05) is 85.2 Å². The van der Waals surface area contributed by atoms with E-state index in [-0.39, 0.29) is 51.3 Å². The maximum Gasteiger partial charge on any atom is 0.437 e. The molecule has 0 saturated carbocycles. The number of halogens is 10. The van der Waals surface area contributed by atoms with Gasteiger partial charge in [-0.1, -0.05) is 58.5 Å². The number of alkyl halides is 6. The Labute approximate surface area is 478 Å². The highest BCUT2D eigenvalue weighted by molar-refractivity contribution is 7.90. The summed E-state index contributed by atoms with van der Waals surface area (Å²) in [5, 5.41) is 12.1. The highest BCUT2D eigenvalue weighted by atomic mass is 35.5. The minimum Gasteiger partial charge on any atom is -0.453 e. The fraction of sp³-hybridized carbons (Fsp3) is 0.558. The minimum absolute atomic E-state index is 0.00526. The molecule has 432 valence electrons. The minimum atomic E-state index is -4.89. The van der Waals surface area contributed by atoms with Crippen molar-refractivity contribution >= 4 is 96.3 Å². The molecule has 2 aromatic carbocycles. The Bertz CT molecular complexity index is 3360. The van der Waals surface area contributed by atoms with Crippen LogP contribution >= 0.6 is 46.4 Å². The Balaban J connectivity index is 0.920. The number of nitrogens with zero attached hydrogens (tertiary/aromatic N) is 12. The van der Waals surface area contributed by atoms with Gasteiger partial charge >= 0.3 is 18.4 Å². The molecule has 4 aliphatic rings. The fourth-order valence-corrected chi connectivity index (χ4v) is 13.8. The number of hydrogen-bond donors (Lipinski definition) is 1. The third kappa shape index (κ3) is 12.8. The first-order valence-corrected chi connectivity index (χ1v) is 30.0. The van der Waals surface area contributed by atoms with Gasteiger partial charge in [0.2, 0.25) is 0 Å². The number of alkyl carbamates (subject to hydrolysis) is 1. The molecule has 1 amide bonds. The maximum atomic E-state index is 15.1. The van der Waals surface area contributed by atoms with Crippen molar-refractivity contribution in [3.05, 3.63) is 91.4 Å². The van der Waals surface area contributed by atoms with E-state index in [2.05, 4.69) is 35.3 Å². The van der Waals surface area contributed by atoms with E-state index in [1.54, 1.807) is 31.2 Å². The molecule has 1 N–H and O–H groups in total. The van der Waals surface area contributed by atoms with Crippen molar-refractivity contribution in [1.82, 2.24) is 54.6 Å². The topological polar surface area (TPSA) is 173 Å². The lowest BCUT2D eigenvalue weighted by molar-refractivity contribution is -0.141. The lowest BCUT2D eigenvalue weighted by atomic mass is 9.75. The van der Waals surface area contributed by atoms with Crippen LogP contribution in [-0.2, 0) is 26.9 Å². The van der Waals surface area contributed by atoms with Crippen molar-refractivity contribution in [3.63, 3.8) is 0 Å². The van der Waals surface area contributed by atoms with Gasteiger partial charge in [0.05, 0.1) is 37.3 Å². The molecule has 0 spiro atoms. The van der Waals surface area contributed by atoms with Gasteiger partial charge in [0.25, 0.3) is 0 Å².